The van der Waals surface area contributed by atoms with Gasteiger partial charge in [-0.2, -0.15) is 13.2 Å². The zero-order chi connectivity index (χ0) is 22.6. The molecule has 164 valence electrons. The SMILES string of the molecule is CN(C)CCN(CC(=O)OC(C)(C)C)C(=O)c1ccc(S(=O)(=O)C(F)(F)F)cc1. The number of likely N-dealkylation sites (N-methyl/N-ethyl adjacent to an activating group) is 1. The molecule has 0 saturated carbocycles. The minimum absolute atomic E-state index is 0.0477. The molecule has 0 aliphatic heterocycles. The highest BCUT2D eigenvalue weighted by Gasteiger charge is 2.46. The van der Waals surface area contributed by atoms with Crippen molar-refractivity contribution in [3.63, 3.8) is 0 Å². The minimum Gasteiger partial charge on any atom is -0.459 e. The van der Waals surface area contributed by atoms with Crippen molar-refractivity contribution in [3.05, 3.63) is 29.8 Å². The lowest BCUT2D eigenvalue weighted by molar-refractivity contribution is -0.155. The van der Waals surface area contributed by atoms with Crippen LogP contribution in [0.5, 0.6) is 0 Å². The Kier molecular flexibility index (Phi) is 7.83. The second kappa shape index (κ2) is 9.12. The Balaban J connectivity index is 3.08. The fraction of sp³-hybridized carbons (Fsp3) is 0.556. The molecule has 0 aliphatic rings. The first-order valence-corrected chi connectivity index (χ1v) is 10.1. The Labute approximate surface area is 168 Å². The van der Waals surface area contributed by atoms with Gasteiger partial charge in [-0.3, -0.25) is 9.59 Å². The van der Waals surface area contributed by atoms with Crippen LogP contribution in [0, 0.1) is 0 Å². The van der Waals surface area contributed by atoms with Crippen LogP contribution in [0.15, 0.2) is 29.2 Å². The van der Waals surface area contributed by atoms with Gasteiger partial charge in [-0.15, -0.1) is 0 Å². The Morgan fingerprint density at radius 3 is 1.93 bits per heavy atom. The summed E-state index contributed by atoms with van der Waals surface area (Å²) in [4.78, 5) is 26.9. The maximum Gasteiger partial charge on any atom is 0.501 e. The van der Waals surface area contributed by atoms with Crippen molar-refractivity contribution in [2.24, 2.45) is 0 Å². The van der Waals surface area contributed by atoms with E-state index in [1.807, 2.05) is 0 Å². The summed E-state index contributed by atoms with van der Waals surface area (Å²) in [6.07, 6.45) is 0. The molecule has 7 nitrogen and oxygen atoms in total. The van der Waals surface area contributed by atoms with Gasteiger partial charge < -0.3 is 14.5 Å². The minimum atomic E-state index is -5.51. The smallest absolute Gasteiger partial charge is 0.459 e. The van der Waals surface area contributed by atoms with E-state index < -0.39 is 37.7 Å². The van der Waals surface area contributed by atoms with Crippen LogP contribution >= 0.6 is 0 Å². The lowest BCUT2D eigenvalue weighted by atomic mass is 10.2. The van der Waals surface area contributed by atoms with Crippen LogP contribution in [0.2, 0.25) is 0 Å². The number of nitrogens with zero attached hydrogens (tertiary/aromatic N) is 2. The third-order valence-corrected chi connectivity index (χ3v) is 5.06. The summed E-state index contributed by atoms with van der Waals surface area (Å²) in [7, 11) is -1.96. The summed E-state index contributed by atoms with van der Waals surface area (Å²) in [6, 6.07) is 3.40. The average molecular weight is 438 g/mol. The van der Waals surface area contributed by atoms with Gasteiger partial charge in [0.15, 0.2) is 0 Å². The van der Waals surface area contributed by atoms with E-state index in [2.05, 4.69) is 0 Å². The molecule has 0 spiro atoms. The van der Waals surface area contributed by atoms with Crippen LogP contribution in [-0.2, 0) is 19.4 Å². The summed E-state index contributed by atoms with van der Waals surface area (Å²) in [5.74, 6) is -1.27. The van der Waals surface area contributed by atoms with Crippen molar-refractivity contribution in [1.82, 2.24) is 9.80 Å². The third kappa shape index (κ3) is 7.32. The molecule has 11 heteroatoms. The fourth-order valence-electron chi connectivity index (χ4n) is 2.20. The predicted octanol–water partition coefficient (Wildman–Crippen LogP) is 2.33. The normalized spacial score (nSPS) is 12.7. The molecule has 1 aromatic carbocycles. The first-order valence-electron chi connectivity index (χ1n) is 8.62. The standard InChI is InChI=1S/C18H25F3N2O5S/c1-17(2,3)28-15(24)12-23(11-10-22(4)5)16(25)13-6-8-14(9-7-13)29(26,27)18(19,20)21/h6-9H,10-12H2,1-5H3. The van der Waals surface area contributed by atoms with Crippen molar-refractivity contribution in [3.8, 4) is 0 Å². The summed E-state index contributed by atoms with van der Waals surface area (Å²) in [5.41, 5.74) is -6.23. The predicted molar refractivity (Wildman–Crippen MR) is 100.0 cm³/mol. The molecular weight excluding hydrogens is 413 g/mol. The van der Waals surface area contributed by atoms with Crippen LogP contribution in [-0.4, -0.2) is 74.9 Å². The number of carbonyl (C=O) groups excluding carboxylic acids is 2. The molecule has 0 atom stereocenters. The van der Waals surface area contributed by atoms with Crippen LogP contribution in [0.25, 0.3) is 0 Å². The number of carbonyl (C=O) groups is 2. The molecule has 0 heterocycles. The Morgan fingerprint density at radius 1 is 1.00 bits per heavy atom. The largest absolute Gasteiger partial charge is 0.501 e. The number of halogens is 3. The number of sulfone groups is 1. The van der Waals surface area contributed by atoms with Crippen molar-refractivity contribution >= 4 is 21.7 Å². The molecular formula is C18H25F3N2O5S. The molecule has 0 aromatic heterocycles. The van der Waals surface area contributed by atoms with Crippen LogP contribution < -0.4 is 0 Å². The van der Waals surface area contributed by atoms with Gasteiger partial charge in [0.05, 0.1) is 4.90 Å². The monoisotopic (exact) mass is 438 g/mol. The zero-order valence-electron chi connectivity index (χ0n) is 16.9. The first kappa shape index (κ1) is 24.9. The number of benzene rings is 1. The lowest BCUT2D eigenvalue weighted by Crippen LogP contribution is -2.42. The highest BCUT2D eigenvalue weighted by atomic mass is 32.2. The van der Waals surface area contributed by atoms with E-state index in [9.17, 15) is 31.2 Å². The van der Waals surface area contributed by atoms with Crippen molar-refractivity contribution in [2.45, 2.75) is 36.8 Å². The van der Waals surface area contributed by atoms with Gasteiger partial charge in [-0.25, -0.2) is 8.42 Å². The number of hydrogen-bond donors (Lipinski definition) is 0. The number of amides is 1. The van der Waals surface area contributed by atoms with Gasteiger partial charge in [0.1, 0.15) is 12.1 Å². The summed E-state index contributed by atoms with van der Waals surface area (Å²) in [6.45, 7) is 5.26. The second-order valence-corrected chi connectivity index (χ2v) is 9.53. The van der Waals surface area contributed by atoms with E-state index in [-0.39, 0.29) is 18.7 Å². The third-order valence-electron chi connectivity index (χ3n) is 3.56. The quantitative estimate of drug-likeness (QED) is 0.608. The number of hydrogen-bond acceptors (Lipinski definition) is 6. The van der Waals surface area contributed by atoms with Gasteiger partial charge in [0, 0.05) is 18.7 Å². The molecule has 0 N–H and O–H groups in total. The molecule has 1 amide bonds. The van der Waals surface area contributed by atoms with Gasteiger partial charge in [0.2, 0.25) is 0 Å². The fourth-order valence-corrected chi connectivity index (χ4v) is 2.96. The van der Waals surface area contributed by atoms with Crippen molar-refractivity contribution < 1.29 is 35.9 Å². The lowest BCUT2D eigenvalue weighted by Gasteiger charge is -2.26. The maximum atomic E-state index is 12.7. The van der Waals surface area contributed by atoms with Crippen LogP contribution in [0.3, 0.4) is 0 Å². The van der Waals surface area contributed by atoms with E-state index in [4.69, 9.17) is 4.74 Å². The molecule has 0 saturated heterocycles. The summed E-state index contributed by atoms with van der Waals surface area (Å²) >= 11 is 0. The Morgan fingerprint density at radius 2 is 1.52 bits per heavy atom. The van der Waals surface area contributed by atoms with E-state index in [1.165, 1.54) is 4.90 Å². The van der Waals surface area contributed by atoms with Crippen molar-refractivity contribution in [1.29, 1.82) is 0 Å². The molecule has 0 aliphatic carbocycles. The summed E-state index contributed by atoms with van der Waals surface area (Å²) in [5, 5.41) is 0. The molecule has 1 rings (SSSR count). The maximum absolute atomic E-state index is 12.7. The molecule has 29 heavy (non-hydrogen) atoms. The molecule has 0 fully saturated rings. The zero-order valence-corrected chi connectivity index (χ0v) is 17.7. The molecule has 0 radical (unpaired) electrons. The van der Waals surface area contributed by atoms with Gasteiger partial charge >= 0.3 is 11.5 Å². The van der Waals surface area contributed by atoms with Gasteiger partial charge in [-0.05, 0) is 59.1 Å². The number of ether oxygens (including phenoxy) is 1. The van der Waals surface area contributed by atoms with E-state index in [0.717, 1.165) is 12.1 Å². The van der Waals surface area contributed by atoms with Crippen LogP contribution in [0.4, 0.5) is 13.2 Å². The number of rotatable bonds is 7. The van der Waals surface area contributed by atoms with Gasteiger partial charge in [-0.1, -0.05) is 0 Å². The van der Waals surface area contributed by atoms with Crippen molar-refractivity contribution in [2.75, 3.05) is 33.7 Å². The Bertz CT molecular complexity index is 829. The number of alkyl halides is 3. The number of esters is 1. The molecule has 0 unspecified atom stereocenters. The Hall–Kier alpha value is -2.14. The first-order chi connectivity index (χ1) is 13.0. The topological polar surface area (TPSA) is 84.0 Å². The van der Waals surface area contributed by atoms with Gasteiger partial charge in [0.25, 0.3) is 15.7 Å². The average Bonchev–Trinajstić information content (AvgIpc) is 2.55. The van der Waals surface area contributed by atoms with Crippen LogP contribution in [0.1, 0.15) is 31.1 Å². The van der Waals surface area contributed by atoms with E-state index in [1.54, 1.807) is 39.8 Å². The molecule has 0 bridgehead atoms. The highest BCUT2D eigenvalue weighted by molar-refractivity contribution is 7.92. The molecule has 1 aromatic rings. The van der Waals surface area contributed by atoms with E-state index in [0.29, 0.717) is 18.7 Å². The highest BCUT2D eigenvalue weighted by Crippen LogP contribution is 2.30. The van der Waals surface area contributed by atoms with E-state index >= 15 is 0 Å². The summed E-state index contributed by atoms with van der Waals surface area (Å²) < 4.78 is 66.0. The second-order valence-electron chi connectivity index (χ2n) is 7.59.